The Bertz CT molecular complexity index is 1400. The Morgan fingerprint density at radius 1 is 0.946 bits per heavy atom. The summed E-state index contributed by atoms with van der Waals surface area (Å²) in [5.41, 5.74) is 1.71. The Hall–Kier alpha value is -2.78. The summed E-state index contributed by atoms with van der Waals surface area (Å²) >= 11 is 18.4. The number of hydrogen-bond donors (Lipinski definition) is 1. The third-order valence-electron chi connectivity index (χ3n) is 5.73. The van der Waals surface area contributed by atoms with Gasteiger partial charge in [0.1, 0.15) is 12.6 Å². The fourth-order valence-electron chi connectivity index (χ4n) is 3.63. The molecule has 3 aromatic rings. The van der Waals surface area contributed by atoms with E-state index in [0.717, 1.165) is 9.87 Å². The van der Waals surface area contributed by atoms with E-state index in [1.807, 2.05) is 6.92 Å². The number of rotatable bonds is 9. The molecule has 37 heavy (non-hydrogen) atoms. The largest absolute Gasteiger partial charge is 0.357 e. The molecule has 196 valence electrons. The number of hydrogen-bond acceptors (Lipinski definition) is 4. The van der Waals surface area contributed by atoms with Gasteiger partial charge in [-0.15, -0.1) is 0 Å². The van der Waals surface area contributed by atoms with Crippen molar-refractivity contribution in [3.8, 4) is 0 Å². The predicted octanol–water partition coefficient (Wildman–Crippen LogP) is 5.31. The summed E-state index contributed by atoms with van der Waals surface area (Å²) in [7, 11) is -2.73. The molecule has 0 aromatic heterocycles. The highest BCUT2D eigenvalue weighted by Crippen LogP contribution is 2.31. The summed E-state index contributed by atoms with van der Waals surface area (Å²) < 4.78 is 28.4. The first-order valence-corrected chi connectivity index (χ1v) is 13.8. The summed E-state index contributed by atoms with van der Waals surface area (Å²) in [6.07, 6.45) is 0. The van der Waals surface area contributed by atoms with Crippen molar-refractivity contribution in [2.75, 3.05) is 17.9 Å². The molecule has 3 aromatic carbocycles. The van der Waals surface area contributed by atoms with Gasteiger partial charge in [-0.05, 0) is 61.9 Å². The maximum absolute atomic E-state index is 13.7. The molecule has 11 heteroatoms. The topological polar surface area (TPSA) is 86.8 Å². The van der Waals surface area contributed by atoms with Crippen molar-refractivity contribution in [3.63, 3.8) is 0 Å². The average molecular weight is 583 g/mol. The number of carbonyl (C=O) groups is 2. The van der Waals surface area contributed by atoms with Crippen LogP contribution in [0.4, 0.5) is 5.69 Å². The van der Waals surface area contributed by atoms with Gasteiger partial charge in [-0.1, -0.05) is 64.6 Å². The zero-order valence-corrected chi connectivity index (χ0v) is 23.5. The minimum Gasteiger partial charge on any atom is -0.357 e. The normalized spacial score (nSPS) is 12.1. The van der Waals surface area contributed by atoms with Crippen molar-refractivity contribution >= 4 is 62.3 Å². The van der Waals surface area contributed by atoms with E-state index >= 15 is 0 Å². The van der Waals surface area contributed by atoms with Gasteiger partial charge in [0.15, 0.2) is 0 Å². The van der Waals surface area contributed by atoms with Gasteiger partial charge < -0.3 is 10.2 Å². The smallest absolute Gasteiger partial charge is 0.264 e. The fourth-order valence-corrected chi connectivity index (χ4v) is 5.54. The first kappa shape index (κ1) is 28.8. The van der Waals surface area contributed by atoms with Crippen LogP contribution in [0, 0.1) is 6.92 Å². The van der Waals surface area contributed by atoms with Gasteiger partial charge in [-0.3, -0.25) is 13.9 Å². The van der Waals surface area contributed by atoms with Gasteiger partial charge >= 0.3 is 0 Å². The van der Waals surface area contributed by atoms with Crippen molar-refractivity contribution in [2.24, 2.45) is 0 Å². The molecule has 2 amide bonds. The first-order valence-electron chi connectivity index (χ1n) is 11.2. The van der Waals surface area contributed by atoms with E-state index in [4.69, 9.17) is 34.8 Å². The molecule has 3 rings (SSSR count). The van der Waals surface area contributed by atoms with Crippen LogP contribution in [0.3, 0.4) is 0 Å². The number of aryl methyl sites for hydroxylation is 1. The number of nitrogens with one attached hydrogen (secondary N) is 1. The lowest BCUT2D eigenvalue weighted by molar-refractivity contribution is -0.139. The first-order chi connectivity index (χ1) is 17.4. The molecule has 0 aliphatic rings. The van der Waals surface area contributed by atoms with E-state index in [-0.39, 0.29) is 27.2 Å². The lowest BCUT2D eigenvalue weighted by Gasteiger charge is -2.32. The number of sulfonamides is 1. The van der Waals surface area contributed by atoms with Crippen LogP contribution < -0.4 is 9.62 Å². The summed E-state index contributed by atoms with van der Waals surface area (Å²) in [5, 5.41) is 3.37. The Morgan fingerprint density at radius 2 is 1.62 bits per heavy atom. The standard InChI is InChI=1S/C26H26Cl3N3O4S/c1-17-7-10-22(11-8-17)37(35,36)32(21-9-12-23(28)24(29)14-21)16-25(33)31(18(2)26(34)30-3)15-19-5-4-6-20(27)13-19/h4-14,18H,15-16H2,1-3H3,(H,30,34)/t18-/m1/s1. The molecular weight excluding hydrogens is 557 g/mol. The third-order valence-corrected chi connectivity index (χ3v) is 8.50. The van der Waals surface area contributed by atoms with Crippen LogP contribution in [-0.2, 0) is 26.2 Å². The molecule has 0 unspecified atom stereocenters. The minimum atomic E-state index is -4.20. The number of likely N-dealkylation sites (N-methyl/N-ethyl adjacent to an activating group) is 1. The number of carbonyl (C=O) groups excluding carboxylic acids is 2. The lowest BCUT2D eigenvalue weighted by atomic mass is 10.1. The van der Waals surface area contributed by atoms with Crippen molar-refractivity contribution in [1.82, 2.24) is 10.2 Å². The number of amides is 2. The maximum Gasteiger partial charge on any atom is 0.264 e. The highest BCUT2D eigenvalue weighted by atomic mass is 35.5. The second-order valence-electron chi connectivity index (χ2n) is 8.36. The summed E-state index contributed by atoms with van der Waals surface area (Å²) in [4.78, 5) is 27.5. The molecule has 0 saturated heterocycles. The molecule has 0 spiro atoms. The van der Waals surface area contributed by atoms with Gasteiger partial charge in [0.2, 0.25) is 11.8 Å². The van der Waals surface area contributed by atoms with Crippen molar-refractivity contribution in [2.45, 2.75) is 31.3 Å². The molecule has 1 N–H and O–H groups in total. The number of nitrogens with zero attached hydrogens (tertiary/aromatic N) is 2. The Kier molecular flexibility index (Phi) is 9.47. The van der Waals surface area contributed by atoms with Crippen LogP contribution in [0.15, 0.2) is 71.6 Å². The summed E-state index contributed by atoms with van der Waals surface area (Å²) in [5.74, 6) is -1.00. The average Bonchev–Trinajstić information content (AvgIpc) is 2.86. The highest BCUT2D eigenvalue weighted by molar-refractivity contribution is 7.92. The molecule has 0 aliphatic heterocycles. The molecule has 0 radical (unpaired) electrons. The molecule has 0 heterocycles. The summed E-state index contributed by atoms with van der Waals surface area (Å²) in [6.45, 7) is 2.85. The Morgan fingerprint density at radius 3 is 2.22 bits per heavy atom. The SMILES string of the molecule is CNC(=O)[C@@H](C)N(Cc1cccc(Cl)c1)C(=O)CN(c1ccc(Cl)c(Cl)c1)S(=O)(=O)c1ccc(C)cc1. The molecule has 7 nitrogen and oxygen atoms in total. The van der Waals surface area contributed by atoms with Crippen LogP contribution in [0.25, 0.3) is 0 Å². The van der Waals surface area contributed by atoms with Crippen LogP contribution >= 0.6 is 34.8 Å². The molecular formula is C26H26Cl3N3O4S. The molecule has 1 atom stereocenters. The maximum atomic E-state index is 13.7. The quantitative estimate of drug-likeness (QED) is 0.370. The van der Waals surface area contributed by atoms with E-state index in [2.05, 4.69) is 5.32 Å². The molecule has 0 saturated carbocycles. The minimum absolute atomic E-state index is 0.00212. The predicted molar refractivity (Wildman–Crippen MR) is 148 cm³/mol. The Labute approximate surface area is 232 Å². The zero-order chi connectivity index (χ0) is 27.3. The number of benzene rings is 3. The van der Waals surface area contributed by atoms with Crippen LogP contribution in [-0.4, -0.2) is 44.8 Å². The van der Waals surface area contributed by atoms with Gasteiger partial charge in [-0.25, -0.2) is 8.42 Å². The number of anilines is 1. The van der Waals surface area contributed by atoms with E-state index < -0.39 is 34.4 Å². The highest BCUT2D eigenvalue weighted by Gasteiger charge is 2.32. The van der Waals surface area contributed by atoms with E-state index in [0.29, 0.717) is 10.6 Å². The van der Waals surface area contributed by atoms with Crippen LogP contribution in [0.2, 0.25) is 15.1 Å². The third kappa shape index (κ3) is 6.96. The monoisotopic (exact) mass is 581 g/mol. The van der Waals surface area contributed by atoms with Crippen molar-refractivity contribution in [1.29, 1.82) is 0 Å². The van der Waals surface area contributed by atoms with E-state index in [1.54, 1.807) is 43.3 Å². The second-order valence-corrected chi connectivity index (χ2v) is 11.5. The summed E-state index contributed by atoms with van der Waals surface area (Å²) in [6, 6.07) is 16.6. The fraction of sp³-hybridized carbons (Fsp3) is 0.231. The molecule has 0 fully saturated rings. The van der Waals surface area contributed by atoms with Crippen molar-refractivity contribution < 1.29 is 18.0 Å². The van der Waals surface area contributed by atoms with Crippen molar-refractivity contribution in [3.05, 3.63) is 92.9 Å². The van der Waals surface area contributed by atoms with Crippen LogP contribution in [0.1, 0.15) is 18.1 Å². The number of halogens is 3. The van der Waals surface area contributed by atoms with E-state index in [1.165, 1.54) is 42.3 Å². The zero-order valence-electron chi connectivity index (χ0n) is 20.4. The molecule has 0 aliphatic carbocycles. The Balaban J connectivity index is 2.06. The molecule has 0 bridgehead atoms. The van der Waals surface area contributed by atoms with Gasteiger partial charge in [0.05, 0.1) is 20.6 Å². The van der Waals surface area contributed by atoms with Gasteiger partial charge in [0.25, 0.3) is 10.0 Å². The lowest BCUT2D eigenvalue weighted by Crippen LogP contribution is -2.50. The van der Waals surface area contributed by atoms with Gasteiger partial charge in [0, 0.05) is 18.6 Å². The van der Waals surface area contributed by atoms with Crippen LogP contribution in [0.5, 0.6) is 0 Å². The van der Waals surface area contributed by atoms with Gasteiger partial charge in [-0.2, -0.15) is 0 Å². The van der Waals surface area contributed by atoms with E-state index in [9.17, 15) is 18.0 Å². The second kappa shape index (κ2) is 12.2.